The first-order chi connectivity index (χ1) is 31.7. The van der Waals surface area contributed by atoms with Gasteiger partial charge in [0.05, 0.1) is 22.1 Å². The van der Waals surface area contributed by atoms with Crippen LogP contribution < -0.4 is 0 Å². The van der Waals surface area contributed by atoms with Crippen molar-refractivity contribution in [3.8, 4) is 56.7 Å². The van der Waals surface area contributed by atoms with E-state index in [1.807, 2.05) is 24.3 Å². The van der Waals surface area contributed by atoms with Gasteiger partial charge < -0.3 is 4.57 Å². The van der Waals surface area contributed by atoms with Crippen LogP contribution in [0.2, 0.25) is 0 Å². The maximum Gasteiger partial charge on any atom is 0.238 e. The zero-order valence-corrected chi connectivity index (χ0v) is 34.6. The molecule has 0 aliphatic rings. The lowest BCUT2D eigenvalue weighted by Gasteiger charge is -2.15. The van der Waals surface area contributed by atoms with Crippen LogP contribution in [-0.4, -0.2) is 24.1 Å². The maximum absolute atomic E-state index is 5.38. The molecule has 0 saturated heterocycles. The van der Waals surface area contributed by atoms with Crippen molar-refractivity contribution in [1.82, 2.24) is 24.1 Å². The molecule has 0 N–H and O–H groups in total. The predicted octanol–water partition coefficient (Wildman–Crippen LogP) is 15.0. The molecule has 13 aromatic rings. The van der Waals surface area contributed by atoms with E-state index in [9.17, 15) is 0 Å². The molecule has 0 unspecified atom stereocenters. The molecular formula is C59H37N5. The molecule has 0 amide bonds. The lowest BCUT2D eigenvalue weighted by Crippen LogP contribution is -2.07. The number of aromatic nitrogens is 5. The lowest BCUT2D eigenvalue weighted by molar-refractivity contribution is 0.954. The molecule has 5 nitrogen and oxygen atoms in total. The standard InChI is InChI=1S/C59H37N5/c1-3-15-38(16-4-1)40-27-29-42(30-28-40)58-60-57(41-18-5-2-6-19-41)61-59(62-58)64-53-26-14-12-24-49(53)51-36-44-21-9-10-22-47(44)55(56(51)64)45-32-34-54-50(37-45)48-23-11-13-25-52(48)63(54)46-33-31-39-17-7-8-20-43(39)35-46/h1-37H. The van der Waals surface area contributed by atoms with Gasteiger partial charge in [0.25, 0.3) is 0 Å². The van der Waals surface area contributed by atoms with E-state index < -0.39 is 0 Å². The molecule has 298 valence electrons. The van der Waals surface area contributed by atoms with E-state index in [-0.39, 0.29) is 0 Å². The third kappa shape index (κ3) is 5.75. The second kappa shape index (κ2) is 14.5. The number of nitrogens with zero attached hydrogens (tertiary/aromatic N) is 5. The number of hydrogen-bond acceptors (Lipinski definition) is 3. The normalized spacial score (nSPS) is 11.8. The van der Waals surface area contributed by atoms with Crippen LogP contribution >= 0.6 is 0 Å². The van der Waals surface area contributed by atoms with E-state index in [2.05, 4.69) is 209 Å². The fourth-order valence-electron chi connectivity index (χ4n) is 9.77. The summed E-state index contributed by atoms with van der Waals surface area (Å²) in [5.41, 5.74) is 11.9. The van der Waals surface area contributed by atoms with E-state index in [1.165, 1.54) is 32.4 Å². The summed E-state index contributed by atoms with van der Waals surface area (Å²) in [5.74, 6) is 1.79. The van der Waals surface area contributed by atoms with Crippen molar-refractivity contribution in [3.05, 3.63) is 224 Å². The fourth-order valence-corrected chi connectivity index (χ4v) is 9.77. The van der Waals surface area contributed by atoms with Gasteiger partial charge in [0.15, 0.2) is 11.6 Å². The number of benzene rings is 10. The molecular weight excluding hydrogens is 779 g/mol. The first-order valence-corrected chi connectivity index (χ1v) is 21.7. The molecule has 0 aliphatic carbocycles. The molecule has 5 heteroatoms. The zero-order chi connectivity index (χ0) is 42.1. The van der Waals surface area contributed by atoms with Crippen LogP contribution in [0.5, 0.6) is 0 Å². The summed E-state index contributed by atoms with van der Waals surface area (Å²) in [6, 6.07) is 80.0. The van der Waals surface area contributed by atoms with Gasteiger partial charge in [0.1, 0.15) is 0 Å². The fraction of sp³-hybridized carbons (Fsp3) is 0. The number of para-hydroxylation sites is 2. The Morgan fingerprint density at radius 2 is 0.797 bits per heavy atom. The molecule has 64 heavy (non-hydrogen) atoms. The first kappa shape index (κ1) is 36.0. The quantitative estimate of drug-likeness (QED) is 0.168. The highest BCUT2D eigenvalue weighted by Crippen LogP contribution is 2.44. The topological polar surface area (TPSA) is 48.5 Å². The van der Waals surface area contributed by atoms with Gasteiger partial charge in [0.2, 0.25) is 5.95 Å². The summed E-state index contributed by atoms with van der Waals surface area (Å²) >= 11 is 0. The average molecular weight is 816 g/mol. The summed E-state index contributed by atoms with van der Waals surface area (Å²) in [5, 5.41) is 9.45. The number of rotatable bonds is 6. The van der Waals surface area contributed by atoms with Gasteiger partial charge in [-0.25, -0.2) is 4.98 Å². The van der Waals surface area contributed by atoms with Gasteiger partial charge in [-0.15, -0.1) is 0 Å². The Balaban J connectivity index is 1.09. The predicted molar refractivity (Wildman–Crippen MR) is 265 cm³/mol. The number of hydrogen-bond donors (Lipinski definition) is 0. The van der Waals surface area contributed by atoms with Crippen molar-refractivity contribution in [2.75, 3.05) is 0 Å². The summed E-state index contributed by atoms with van der Waals surface area (Å²) in [6.45, 7) is 0. The van der Waals surface area contributed by atoms with Crippen molar-refractivity contribution in [1.29, 1.82) is 0 Å². The molecule has 0 fully saturated rings. The molecule has 0 saturated carbocycles. The zero-order valence-electron chi connectivity index (χ0n) is 34.6. The van der Waals surface area contributed by atoms with Gasteiger partial charge in [-0.1, -0.05) is 182 Å². The van der Waals surface area contributed by atoms with Crippen molar-refractivity contribution in [2.24, 2.45) is 0 Å². The second-order valence-corrected chi connectivity index (χ2v) is 16.4. The molecule has 0 bridgehead atoms. The third-order valence-corrected chi connectivity index (χ3v) is 12.7. The summed E-state index contributed by atoms with van der Waals surface area (Å²) in [6.07, 6.45) is 0. The second-order valence-electron chi connectivity index (χ2n) is 16.4. The molecule has 0 aliphatic heterocycles. The summed E-state index contributed by atoms with van der Waals surface area (Å²) in [4.78, 5) is 15.9. The lowest BCUT2D eigenvalue weighted by atomic mass is 9.94. The Bertz CT molecular complexity index is 3940. The van der Waals surface area contributed by atoms with Crippen molar-refractivity contribution in [2.45, 2.75) is 0 Å². The Kier molecular flexibility index (Phi) is 8.15. The van der Waals surface area contributed by atoms with Crippen LogP contribution in [-0.2, 0) is 0 Å². The largest absolute Gasteiger partial charge is 0.309 e. The minimum absolute atomic E-state index is 0.563. The molecule has 3 aromatic heterocycles. The Labute approximate surface area is 368 Å². The Morgan fingerprint density at radius 1 is 0.281 bits per heavy atom. The molecule has 0 atom stereocenters. The van der Waals surface area contributed by atoms with Gasteiger partial charge in [-0.05, 0) is 80.7 Å². The van der Waals surface area contributed by atoms with Gasteiger partial charge in [0, 0.05) is 43.9 Å². The monoisotopic (exact) mass is 815 g/mol. The van der Waals surface area contributed by atoms with E-state index in [0.29, 0.717) is 17.6 Å². The highest BCUT2D eigenvalue weighted by atomic mass is 15.2. The minimum Gasteiger partial charge on any atom is -0.309 e. The van der Waals surface area contributed by atoms with Crippen LogP contribution in [0.3, 0.4) is 0 Å². The SMILES string of the molecule is c1ccc(-c2ccc(-c3nc(-c4ccccc4)nc(-n4c5ccccc5c5cc6ccccc6c(-c6ccc7c(c6)c6ccccc6n7-c6ccc7ccccc7c6)c54)n3)cc2)cc1. The molecule has 0 radical (unpaired) electrons. The van der Waals surface area contributed by atoms with Crippen molar-refractivity contribution >= 4 is 65.2 Å². The highest BCUT2D eigenvalue weighted by Gasteiger charge is 2.23. The number of fused-ring (bicyclic) bond motifs is 8. The Hall–Kier alpha value is -8.67. The maximum atomic E-state index is 5.38. The summed E-state index contributed by atoms with van der Waals surface area (Å²) in [7, 11) is 0. The molecule has 10 aromatic carbocycles. The summed E-state index contributed by atoms with van der Waals surface area (Å²) < 4.78 is 4.67. The van der Waals surface area contributed by atoms with E-state index >= 15 is 0 Å². The molecule has 13 rings (SSSR count). The van der Waals surface area contributed by atoms with Gasteiger partial charge >= 0.3 is 0 Å². The van der Waals surface area contributed by atoms with Crippen LogP contribution in [0.15, 0.2) is 224 Å². The van der Waals surface area contributed by atoms with E-state index in [0.717, 1.165) is 71.8 Å². The third-order valence-electron chi connectivity index (χ3n) is 12.7. The van der Waals surface area contributed by atoms with E-state index in [4.69, 9.17) is 15.0 Å². The van der Waals surface area contributed by atoms with Crippen molar-refractivity contribution in [3.63, 3.8) is 0 Å². The minimum atomic E-state index is 0.563. The van der Waals surface area contributed by atoms with Gasteiger partial charge in [-0.2, -0.15) is 9.97 Å². The first-order valence-electron chi connectivity index (χ1n) is 21.7. The van der Waals surface area contributed by atoms with E-state index in [1.54, 1.807) is 0 Å². The molecule has 3 heterocycles. The highest BCUT2D eigenvalue weighted by molar-refractivity contribution is 6.22. The smallest absolute Gasteiger partial charge is 0.238 e. The molecule has 0 spiro atoms. The Morgan fingerprint density at radius 3 is 1.53 bits per heavy atom. The van der Waals surface area contributed by atoms with Crippen LogP contribution in [0, 0.1) is 0 Å². The van der Waals surface area contributed by atoms with Crippen LogP contribution in [0.25, 0.3) is 122 Å². The average Bonchev–Trinajstić information content (AvgIpc) is 3.88. The van der Waals surface area contributed by atoms with Crippen molar-refractivity contribution < 1.29 is 0 Å². The van der Waals surface area contributed by atoms with Crippen LogP contribution in [0.1, 0.15) is 0 Å². The van der Waals surface area contributed by atoms with Crippen LogP contribution in [0.4, 0.5) is 0 Å². The van der Waals surface area contributed by atoms with Gasteiger partial charge in [-0.3, -0.25) is 4.57 Å².